The van der Waals surface area contributed by atoms with Crippen LogP contribution in [0.1, 0.15) is 119 Å². The molecule has 1 N–H and O–H groups in total. The monoisotopic (exact) mass is 1470 g/mol. The molecule has 7 atom stereocenters. The number of rotatable bonds is 45. The van der Waals surface area contributed by atoms with Gasteiger partial charge in [0.05, 0.1) is 82.7 Å². The van der Waals surface area contributed by atoms with Crippen LogP contribution in [0.4, 0.5) is 0 Å². The lowest BCUT2D eigenvalue weighted by Gasteiger charge is -2.32. The number of ether oxygens (including phenoxy) is 11. The molecular formula is C55H94O23S11. The van der Waals surface area contributed by atoms with E-state index >= 15 is 0 Å². The van der Waals surface area contributed by atoms with Crippen LogP contribution in [0.3, 0.4) is 0 Å². The van der Waals surface area contributed by atoms with Gasteiger partial charge >= 0.3 is 65.7 Å². The SMILES string of the molecule is CC(S)CC(=O)OCC(CO)(COC(=O)CC(C)S)COC(=O)CC(C)S.CC(S)CC(=O)OCC(COC(=O)CC(C)S)(COC(=O)CC(C)S)COC(=O)CC(C)S.O=C(CCS)OCC(COC(=O)CCS)(COC(=O)CCS)COC(=O)CCS. The molecule has 0 heterocycles. The Bertz CT molecular complexity index is 1830. The number of hydrogen-bond acceptors (Lipinski definition) is 34. The number of carbonyl (C=O) groups is 11. The number of aliphatic hydroxyl groups excluding tert-OH is 1. The van der Waals surface area contributed by atoms with Gasteiger partial charge < -0.3 is 57.2 Å². The highest BCUT2D eigenvalue weighted by Gasteiger charge is 2.40. The maximum atomic E-state index is 12.1. The van der Waals surface area contributed by atoms with Gasteiger partial charge in [-0.2, -0.15) is 139 Å². The Morgan fingerprint density at radius 3 is 0.494 bits per heavy atom. The van der Waals surface area contributed by atoms with Gasteiger partial charge in [0.2, 0.25) is 0 Å². The molecule has 0 radical (unpaired) electrons. The molecule has 0 rings (SSSR count). The number of esters is 11. The van der Waals surface area contributed by atoms with Crippen molar-refractivity contribution in [2.24, 2.45) is 16.2 Å². The summed E-state index contributed by atoms with van der Waals surface area (Å²) >= 11 is 44.9. The smallest absolute Gasteiger partial charge is 0.306 e. The minimum Gasteiger partial charge on any atom is -0.465 e. The molecule has 0 amide bonds. The van der Waals surface area contributed by atoms with Crippen LogP contribution in [0.25, 0.3) is 0 Å². The number of aliphatic hydroxyl groups is 1. The predicted octanol–water partition coefficient (Wildman–Crippen LogP) is 6.12. The molecule has 7 unspecified atom stereocenters. The quantitative estimate of drug-likeness (QED) is 0.0186. The third-order valence-electron chi connectivity index (χ3n) is 10.8. The summed E-state index contributed by atoms with van der Waals surface area (Å²) in [6.07, 6.45) is 0.696. The second-order valence-electron chi connectivity index (χ2n) is 21.2. The Kier molecular flexibility index (Phi) is 54.6. The first-order chi connectivity index (χ1) is 41.6. The first-order valence-electron chi connectivity index (χ1n) is 28.1. The van der Waals surface area contributed by atoms with Crippen molar-refractivity contribution in [1.29, 1.82) is 0 Å². The minimum absolute atomic E-state index is 0.0457. The molecule has 0 spiro atoms. The molecule has 23 nitrogen and oxygen atoms in total. The summed E-state index contributed by atoms with van der Waals surface area (Å²) in [5.74, 6) is -4.67. The maximum Gasteiger partial charge on any atom is 0.306 e. The van der Waals surface area contributed by atoms with Gasteiger partial charge in [-0.1, -0.05) is 48.5 Å². The number of hydrogen-bond donors (Lipinski definition) is 12. The van der Waals surface area contributed by atoms with Crippen LogP contribution in [-0.2, 0) is 105 Å². The molecular weight excluding hydrogens is 1380 g/mol. The topological polar surface area (TPSA) is 310 Å². The Morgan fingerprint density at radius 2 is 0.382 bits per heavy atom. The van der Waals surface area contributed by atoms with E-state index in [0.29, 0.717) is 0 Å². The molecule has 34 heteroatoms. The zero-order chi connectivity index (χ0) is 68.8. The summed E-state index contributed by atoms with van der Waals surface area (Å²) in [5.41, 5.74) is -3.80. The Balaban J connectivity index is -0.00000125. The van der Waals surface area contributed by atoms with Crippen LogP contribution in [-0.4, -0.2) is 210 Å². The summed E-state index contributed by atoms with van der Waals surface area (Å²) in [7, 11) is 0. The summed E-state index contributed by atoms with van der Waals surface area (Å²) in [4.78, 5) is 131. The molecule has 0 aliphatic heterocycles. The van der Waals surface area contributed by atoms with Crippen LogP contribution in [0, 0.1) is 16.2 Å². The molecule has 89 heavy (non-hydrogen) atoms. The third-order valence-corrected chi connectivity index (χ3v) is 12.9. The molecule has 0 aromatic carbocycles. The standard InChI is InChI=1S/C21H36O8S4.C17H28O8S4.C17H30O7S3/c1-13(30)5-17(22)26-9-21(10-27-18(23)6-14(2)31,11-28-19(24)7-15(3)32)12-29-20(25)8-16(4)33;18-13(1-5-26)22-9-17(10-23-14(19)2-6-27,11-24-15(20)3-7-28)12-25-16(21)4-8-29;1-11(25)4-14(19)22-8-17(7-18,9-23-15(20)5-12(2)26)10-24-16(21)6-13(3)27/h13-16,30-33H,5-12H2,1-4H3;26-29H,1-12H2;11-13,18,25-27H,4-10H2,1-3H3. The molecule has 0 aromatic rings. The largest absolute Gasteiger partial charge is 0.465 e. The van der Waals surface area contributed by atoms with E-state index in [9.17, 15) is 57.8 Å². The first-order valence-corrected chi connectivity index (χ1v) is 34.2. The van der Waals surface area contributed by atoms with Crippen molar-refractivity contribution in [2.45, 2.75) is 156 Å². The van der Waals surface area contributed by atoms with E-state index < -0.39 is 88.5 Å². The van der Waals surface area contributed by atoms with Crippen LogP contribution in [0.2, 0.25) is 0 Å². The summed E-state index contributed by atoms with van der Waals surface area (Å²) in [5, 5.41) is 8.35. The van der Waals surface area contributed by atoms with E-state index in [0.717, 1.165) is 0 Å². The Hall–Kier alpha value is -2.02. The number of thiol groups is 11. The lowest BCUT2D eigenvalue weighted by Crippen LogP contribution is -2.44. The fourth-order valence-electron chi connectivity index (χ4n) is 6.09. The lowest BCUT2D eigenvalue weighted by atomic mass is 9.92. The summed E-state index contributed by atoms with van der Waals surface area (Å²) in [6.45, 7) is 8.51. The third kappa shape index (κ3) is 53.0. The zero-order valence-corrected chi connectivity index (χ0v) is 61.3. The van der Waals surface area contributed by atoms with Crippen molar-refractivity contribution >= 4 is 205 Å². The van der Waals surface area contributed by atoms with Gasteiger partial charge in [0.1, 0.15) is 83.5 Å². The molecule has 0 aromatic heterocycles. The molecule has 518 valence electrons. The van der Waals surface area contributed by atoms with E-state index in [-0.39, 0.29) is 203 Å². The fourth-order valence-corrected chi connectivity index (χ4v) is 7.86. The van der Waals surface area contributed by atoms with Crippen molar-refractivity contribution in [3.05, 3.63) is 0 Å². The average molecular weight is 1480 g/mol. The van der Waals surface area contributed by atoms with E-state index in [1.165, 1.54) is 0 Å². The second kappa shape index (κ2) is 53.3. The summed E-state index contributed by atoms with van der Waals surface area (Å²) < 4.78 is 57.8. The molecule has 0 saturated carbocycles. The van der Waals surface area contributed by atoms with Gasteiger partial charge in [-0.3, -0.25) is 52.7 Å². The van der Waals surface area contributed by atoms with Gasteiger partial charge in [0, 0.05) is 59.8 Å². The van der Waals surface area contributed by atoms with Gasteiger partial charge in [-0.25, -0.2) is 0 Å². The van der Waals surface area contributed by atoms with E-state index in [2.05, 4.69) is 139 Å². The molecule has 0 fully saturated rings. The highest BCUT2D eigenvalue weighted by atomic mass is 32.1. The van der Waals surface area contributed by atoms with Gasteiger partial charge in [0.25, 0.3) is 0 Å². The van der Waals surface area contributed by atoms with Gasteiger partial charge in [0.15, 0.2) is 0 Å². The van der Waals surface area contributed by atoms with Crippen LogP contribution in [0.15, 0.2) is 0 Å². The highest BCUT2D eigenvalue weighted by Crippen LogP contribution is 2.26. The van der Waals surface area contributed by atoms with E-state index in [1.807, 2.05) is 0 Å². The van der Waals surface area contributed by atoms with Gasteiger partial charge in [-0.05, 0) is 0 Å². The Morgan fingerprint density at radius 1 is 0.258 bits per heavy atom. The fraction of sp³-hybridized carbons (Fsp3) is 0.800. The van der Waals surface area contributed by atoms with Crippen molar-refractivity contribution in [1.82, 2.24) is 0 Å². The number of carbonyl (C=O) groups excluding carboxylic acids is 11. The Labute approximate surface area is 584 Å². The second-order valence-corrected chi connectivity index (χ2v) is 29.2. The maximum absolute atomic E-state index is 12.1. The predicted molar refractivity (Wildman–Crippen MR) is 370 cm³/mol. The minimum atomic E-state index is -1.30. The van der Waals surface area contributed by atoms with Crippen molar-refractivity contribution in [3.63, 3.8) is 0 Å². The molecule has 0 aliphatic rings. The van der Waals surface area contributed by atoms with Crippen molar-refractivity contribution in [2.75, 3.05) is 102 Å². The van der Waals surface area contributed by atoms with Crippen molar-refractivity contribution in [3.8, 4) is 0 Å². The normalized spacial score (nSPS) is 14.7. The first kappa shape index (κ1) is 91.2. The van der Waals surface area contributed by atoms with Crippen LogP contribution in [0.5, 0.6) is 0 Å². The average Bonchev–Trinajstić information content (AvgIpc) is 1.48. The van der Waals surface area contributed by atoms with E-state index in [1.54, 1.807) is 48.5 Å². The van der Waals surface area contributed by atoms with Gasteiger partial charge in [-0.15, -0.1) is 0 Å². The molecule has 0 bridgehead atoms. The molecule has 0 saturated heterocycles. The summed E-state index contributed by atoms with van der Waals surface area (Å²) in [6, 6.07) is 0. The van der Waals surface area contributed by atoms with E-state index in [4.69, 9.17) is 52.1 Å². The van der Waals surface area contributed by atoms with Crippen molar-refractivity contribution < 1.29 is 110 Å². The molecule has 0 aliphatic carbocycles. The van der Waals surface area contributed by atoms with Crippen LogP contribution >= 0.6 is 139 Å². The van der Waals surface area contributed by atoms with Crippen LogP contribution < -0.4 is 0 Å². The zero-order valence-electron chi connectivity index (χ0n) is 51.5. The lowest BCUT2D eigenvalue weighted by molar-refractivity contribution is -0.173. The highest BCUT2D eigenvalue weighted by molar-refractivity contribution is 7.82.